The second kappa shape index (κ2) is 3.70. The molecule has 0 unspecified atom stereocenters. The summed E-state index contributed by atoms with van der Waals surface area (Å²) in [5, 5.41) is 2.49. The molecule has 0 aromatic carbocycles. The van der Waals surface area contributed by atoms with Gasteiger partial charge in [0.05, 0.1) is 5.69 Å². The molecule has 0 aliphatic rings. The second-order valence-corrected chi connectivity index (χ2v) is 3.94. The Morgan fingerprint density at radius 2 is 2.46 bits per heavy atom. The second-order valence-electron chi connectivity index (χ2n) is 2.40. The van der Waals surface area contributed by atoms with Crippen molar-refractivity contribution in [2.75, 3.05) is 5.88 Å². The molecule has 0 atom stereocenters. The van der Waals surface area contributed by atoms with Crippen molar-refractivity contribution in [3.05, 3.63) is 28.5 Å². The molecular formula is C8H6Cl2N2S. The minimum absolute atomic E-state index is 0.480. The molecule has 13 heavy (non-hydrogen) atoms. The number of halogens is 2. The van der Waals surface area contributed by atoms with Gasteiger partial charge in [-0.2, -0.15) is 0 Å². The van der Waals surface area contributed by atoms with Crippen LogP contribution in [0, 0.1) is 0 Å². The molecule has 0 bridgehead atoms. The minimum atomic E-state index is 0.480. The fourth-order valence-electron chi connectivity index (χ4n) is 1.08. The van der Waals surface area contributed by atoms with Gasteiger partial charge in [0.15, 0.2) is 10.1 Å². The molecule has 2 rings (SSSR count). The fraction of sp³-hybridized carbons (Fsp3) is 0.125. The smallest absolute Gasteiger partial charge is 0.195 e. The molecule has 0 aliphatic carbocycles. The van der Waals surface area contributed by atoms with Crippen LogP contribution in [-0.2, 0) is 0 Å². The average Bonchev–Trinajstić information content (AvgIpc) is 2.62. The Morgan fingerprint density at radius 1 is 1.62 bits per heavy atom. The van der Waals surface area contributed by atoms with E-state index in [1.807, 2.05) is 28.1 Å². The van der Waals surface area contributed by atoms with Crippen molar-refractivity contribution in [1.82, 2.24) is 9.38 Å². The largest absolute Gasteiger partial charge is 0.289 e. The van der Waals surface area contributed by atoms with Crippen molar-refractivity contribution in [3.63, 3.8) is 0 Å². The third-order valence-corrected chi connectivity index (χ3v) is 2.83. The lowest BCUT2D eigenvalue weighted by atomic mass is 10.4. The summed E-state index contributed by atoms with van der Waals surface area (Å²) in [5.41, 5.74) is 0.888. The van der Waals surface area contributed by atoms with E-state index in [0.29, 0.717) is 11.0 Å². The molecule has 0 amide bonds. The van der Waals surface area contributed by atoms with E-state index in [-0.39, 0.29) is 0 Å². The Hall–Kier alpha value is -0.510. The Morgan fingerprint density at radius 3 is 3.23 bits per heavy atom. The lowest BCUT2D eigenvalue weighted by Gasteiger charge is -1.89. The Balaban J connectivity index is 2.57. The molecular weight excluding hydrogens is 227 g/mol. The standard InChI is InChI=1S/C8H6Cl2N2S/c9-3-1-2-6-7(10)11-8-12(6)4-5-13-8/h1-2,4-5H,3H2/b2-1+. The SMILES string of the molecule is ClC/C=C/c1c(Cl)nc2sccn12. The highest BCUT2D eigenvalue weighted by Crippen LogP contribution is 2.22. The molecule has 0 saturated carbocycles. The van der Waals surface area contributed by atoms with Crippen LogP contribution in [0.15, 0.2) is 17.7 Å². The molecule has 68 valence electrons. The highest BCUT2D eigenvalue weighted by molar-refractivity contribution is 7.15. The van der Waals surface area contributed by atoms with Crippen LogP contribution < -0.4 is 0 Å². The van der Waals surface area contributed by atoms with Gasteiger partial charge in [0.2, 0.25) is 0 Å². The number of hydrogen-bond acceptors (Lipinski definition) is 2. The van der Waals surface area contributed by atoms with E-state index in [9.17, 15) is 0 Å². The van der Waals surface area contributed by atoms with Crippen LogP contribution in [0.3, 0.4) is 0 Å². The van der Waals surface area contributed by atoms with E-state index in [1.54, 1.807) is 11.3 Å². The number of allylic oxidation sites excluding steroid dienone is 1. The average molecular weight is 233 g/mol. The summed E-state index contributed by atoms with van der Waals surface area (Å²) in [7, 11) is 0. The Labute approximate surface area is 89.4 Å². The van der Waals surface area contributed by atoms with Gasteiger partial charge < -0.3 is 0 Å². The van der Waals surface area contributed by atoms with Crippen molar-refractivity contribution in [1.29, 1.82) is 0 Å². The van der Waals surface area contributed by atoms with Crippen LogP contribution in [0.5, 0.6) is 0 Å². The lowest BCUT2D eigenvalue weighted by Crippen LogP contribution is -1.80. The van der Waals surface area contributed by atoms with Gasteiger partial charge in [-0.25, -0.2) is 4.98 Å². The number of fused-ring (bicyclic) bond motifs is 1. The summed E-state index contributed by atoms with van der Waals surface area (Å²) in [4.78, 5) is 5.08. The molecule has 2 aromatic rings. The molecule has 2 heterocycles. The van der Waals surface area contributed by atoms with E-state index in [4.69, 9.17) is 23.2 Å². The fourth-order valence-corrected chi connectivity index (χ4v) is 2.18. The highest BCUT2D eigenvalue weighted by Gasteiger charge is 2.07. The minimum Gasteiger partial charge on any atom is -0.289 e. The van der Waals surface area contributed by atoms with Crippen LogP contribution in [0.2, 0.25) is 5.15 Å². The first-order valence-electron chi connectivity index (χ1n) is 3.66. The molecule has 0 radical (unpaired) electrons. The van der Waals surface area contributed by atoms with Gasteiger partial charge >= 0.3 is 0 Å². The highest BCUT2D eigenvalue weighted by atomic mass is 35.5. The topological polar surface area (TPSA) is 17.3 Å². The predicted octanol–water partition coefficient (Wildman–Crippen LogP) is 3.30. The van der Waals surface area contributed by atoms with Crippen LogP contribution in [0.4, 0.5) is 0 Å². The summed E-state index contributed by atoms with van der Waals surface area (Å²) in [5.74, 6) is 0.480. The third-order valence-electron chi connectivity index (χ3n) is 1.62. The number of imidazole rings is 1. The van der Waals surface area contributed by atoms with Gasteiger partial charge in [0, 0.05) is 17.5 Å². The Bertz CT molecular complexity index is 444. The van der Waals surface area contributed by atoms with Gasteiger partial charge in [-0.1, -0.05) is 17.7 Å². The van der Waals surface area contributed by atoms with Gasteiger partial charge in [-0.15, -0.1) is 22.9 Å². The molecule has 5 heteroatoms. The number of alkyl halides is 1. The number of rotatable bonds is 2. The first kappa shape index (κ1) is 9.06. The molecule has 0 saturated heterocycles. The first-order valence-corrected chi connectivity index (χ1v) is 5.45. The molecule has 0 fully saturated rings. The molecule has 0 N–H and O–H groups in total. The first-order chi connectivity index (χ1) is 6.33. The van der Waals surface area contributed by atoms with Gasteiger partial charge in [-0.3, -0.25) is 4.40 Å². The van der Waals surface area contributed by atoms with Crippen molar-refractivity contribution >= 4 is 45.6 Å². The maximum atomic E-state index is 5.93. The number of aromatic nitrogens is 2. The molecule has 0 spiro atoms. The predicted molar refractivity (Wildman–Crippen MR) is 57.8 cm³/mol. The normalized spacial score (nSPS) is 11.8. The third kappa shape index (κ3) is 1.59. The zero-order chi connectivity index (χ0) is 9.26. The van der Waals surface area contributed by atoms with Gasteiger partial charge in [-0.05, 0) is 6.08 Å². The lowest BCUT2D eigenvalue weighted by molar-refractivity contribution is 1.21. The van der Waals surface area contributed by atoms with Crippen molar-refractivity contribution in [3.8, 4) is 0 Å². The molecule has 0 aliphatic heterocycles. The molecule has 2 nitrogen and oxygen atoms in total. The quantitative estimate of drug-likeness (QED) is 0.727. The summed E-state index contributed by atoms with van der Waals surface area (Å²) in [6.45, 7) is 0. The van der Waals surface area contributed by atoms with Crippen LogP contribution in [-0.4, -0.2) is 15.3 Å². The van der Waals surface area contributed by atoms with E-state index in [1.165, 1.54) is 0 Å². The summed E-state index contributed by atoms with van der Waals surface area (Å²) < 4.78 is 1.94. The maximum absolute atomic E-state index is 5.93. The summed E-state index contributed by atoms with van der Waals surface area (Å²) in [6.07, 6.45) is 5.66. The van der Waals surface area contributed by atoms with E-state index in [0.717, 1.165) is 10.7 Å². The van der Waals surface area contributed by atoms with E-state index < -0.39 is 0 Å². The van der Waals surface area contributed by atoms with Crippen LogP contribution in [0.25, 0.3) is 11.0 Å². The van der Waals surface area contributed by atoms with Crippen LogP contribution in [0.1, 0.15) is 5.69 Å². The van der Waals surface area contributed by atoms with Gasteiger partial charge in [0.25, 0.3) is 0 Å². The van der Waals surface area contributed by atoms with Crippen molar-refractivity contribution in [2.45, 2.75) is 0 Å². The monoisotopic (exact) mass is 232 g/mol. The molecule has 2 aromatic heterocycles. The van der Waals surface area contributed by atoms with Crippen molar-refractivity contribution in [2.24, 2.45) is 0 Å². The summed E-state index contributed by atoms with van der Waals surface area (Å²) in [6, 6.07) is 0. The number of nitrogens with zero attached hydrogens (tertiary/aromatic N) is 2. The number of hydrogen-bond donors (Lipinski definition) is 0. The van der Waals surface area contributed by atoms with E-state index in [2.05, 4.69) is 4.98 Å². The van der Waals surface area contributed by atoms with Crippen LogP contribution >= 0.6 is 34.5 Å². The Kier molecular flexibility index (Phi) is 2.58. The van der Waals surface area contributed by atoms with E-state index >= 15 is 0 Å². The van der Waals surface area contributed by atoms with Gasteiger partial charge in [0.1, 0.15) is 0 Å². The summed E-state index contributed by atoms with van der Waals surface area (Å²) >= 11 is 13.0. The van der Waals surface area contributed by atoms with Crippen molar-refractivity contribution < 1.29 is 0 Å². The zero-order valence-corrected chi connectivity index (χ0v) is 8.90. The number of thiazole rings is 1. The zero-order valence-electron chi connectivity index (χ0n) is 6.58. The maximum Gasteiger partial charge on any atom is 0.195 e.